The van der Waals surface area contributed by atoms with Gasteiger partial charge in [0.05, 0.1) is 6.04 Å². The largest absolute Gasteiger partial charge is 0.490 e. The number of carbonyl (C=O) groups excluding carboxylic acids is 2. The summed E-state index contributed by atoms with van der Waals surface area (Å²) in [5, 5.41) is 2.91. The number of rotatable bonds is 8. The van der Waals surface area contributed by atoms with Crippen molar-refractivity contribution in [3.05, 3.63) is 72.3 Å². The first-order valence-corrected chi connectivity index (χ1v) is 9.34. The van der Waals surface area contributed by atoms with Crippen LogP contribution < -0.4 is 15.8 Å². The second kappa shape index (κ2) is 9.19. The van der Waals surface area contributed by atoms with Crippen LogP contribution in [0.2, 0.25) is 0 Å². The number of anilines is 1. The molecule has 6 nitrogen and oxygen atoms in total. The predicted molar refractivity (Wildman–Crippen MR) is 109 cm³/mol. The van der Waals surface area contributed by atoms with Crippen molar-refractivity contribution in [2.75, 3.05) is 18.5 Å². The van der Waals surface area contributed by atoms with Crippen molar-refractivity contribution in [3.8, 4) is 5.75 Å². The van der Waals surface area contributed by atoms with Crippen LogP contribution in [0.1, 0.15) is 28.8 Å². The minimum Gasteiger partial charge on any atom is -0.490 e. The smallest absolute Gasteiger partial charge is 0.255 e. The van der Waals surface area contributed by atoms with E-state index in [9.17, 15) is 9.59 Å². The molecule has 1 heterocycles. The zero-order valence-corrected chi connectivity index (χ0v) is 15.8. The molecule has 1 fully saturated rings. The quantitative estimate of drug-likeness (QED) is 0.691. The third-order valence-electron chi connectivity index (χ3n) is 4.75. The van der Waals surface area contributed by atoms with Gasteiger partial charge in [0.15, 0.2) is 0 Å². The molecule has 0 radical (unpaired) electrons. The predicted octanol–water partition coefficient (Wildman–Crippen LogP) is 2.95. The van der Waals surface area contributed by atoms with Gasteiger partial charge in [-0.05, 0) is 61.3 Å². The average molecular weight is 379 g/mol. The van der Waals surface area contributed by atoms with Crippen LogP contribution in [0.5, 0.6) is 5.75 Å². The number of nitrogens with one attached hydrogen (secondary N) is 1. The standard InChI is InChI=1S/C22H25N3O3/c1-2-13-28-19-10-8-17(9-11-19)22(27)24-18-6-3-5-16(14-18)15-25-12-4-7-20(25)21(23)26/h2-3,5-6,8-11,14,20H,1,4,7,12-13,15H2,(H2,23,26)(H,24,27). The second-order valence-electron chi connectivity index (χ2n) is 6.81. The topological polar surface area (TPSA) is 84.7 Å². The fourth-order valence-corrected chi connectivity index (χ4v) is 3.38. The minimum atomic E-state index is -0.275. The molecule has 1 atom stereocenters. The number of amides is 2. The molecular weight excluding hydrogens is 354 g/mol. The molecular formula is C22H25N3O3. The van der Waals surface area contributed by atoms with Crippen molar-refractivity contribution >= 4 is 17.5 Å². The van der Waals surface area contributed by atoms with E-state index in [1.165, 1.54) is 0 Å². The number of benzene rings is 2. The van der Waals surface area contributed by atoms with E-state index < -0.39 is 0 Å². The lowest BCUT2D eigenvalue weighted by atomic mass is 10.1. The summed E-state index contributed by atoms with van der Waals surface area (Å²) in [5.41, 5.74) is 7.77. The first-order valence-electron chi connectivity index (χ1n) is 9.34. The molecule has 1 aliphatic heterocycles. The highest BCUT2D eigenvalue weighted by Gasteiger charge is 2.28. The van der Waals surface area contributed by atoms with Crippen LogP contribution in [0, 0.1) is 0 Å². The molecule has 0 spiro atoms. The van der Waals surface area contributed by atoms with Gasteiger partial charge in [-0.1, -0.05) is 24.8 Å². The van der Waals surface area contributed by atoms with Crippen LogP contribution in [-0.4, -0.2) is 35.9 Å². The maximum Gasteiger partial charge on any atom is 0.255 e. The second-order valence-corrected chi connectivity index (χ2v) is 6.81. The summed E-state index contributed by atoms with van der Waals surface area (Å²) in [4.78, 5) is 26.1. The van der Waals surface area contributed by atoms with Gasteiger partial charge in [-0.3, -0.25) is 14.5 Å². The fraction of sp³-hybridized carbons (Fsp3) is 0.273. The van der Waals surface area contributed by atoms with Gasteiger partial charge in [0.25, 0.3) is 5.91 Å². The summed E-state index contributed by atoms with van der Waals surface area (Å²) in [5.74, 6) is 0.221. The lowest BCUT2D eigenvalue weighted by Crippen LogP contribution is -2.39. The normalized spacial score (nSPS) is 16.5. The van der Waals surface area contributed by atoms with Gasteiger partial charge >= 0.3 is 0 Å². The van der Waals surface area contributed by atoms with Crippen molar-refractivity contribution in [1.82, 2.24) is 4.90 Å². The van der Waals surface area contributed by atoms with Crippen LogP contribution in [0.25, 0.3) is 0 Å². The first kappa shape index (κ1) is 19.6. The van der Waals surface area contributed by atoms with Gasteiger partial charge in [0.2, 0.25) is 5.91 Å². The monoisotopic (exact) mass is 379 g/mol. The van der Waals surface area contributed by atoms with E-state index in [1.54, 1.807) is 30.3 Å². The summed E-state index contributed by atoms with van der Waals surface area (Å²) in [6.07, 6.45) is 3.44. The summed E-state index contributed by atoms with van der Waals surface area (Å²) >= 11 is 0. The lowest BCUT2D eigenvalue weighted by molar-refractivity contribution is -0.122. The summed E-state index contributed by atoms with van der Waals surface area (Å²) in [6.45, 7) is 5.51. The third-order valence-corrected chi connectivity index (χ3v) is 4.75. The molecule has 1 saturated heterocycles. The number of carbonyl (C=O) groups is 2. The maximum absolute atomic E-state index is 12.5. The van der Waals surface area contributed by atoms with E-state index in [0.29, 0.717) is 30.2 Å². The molecule has 3 N–H and O–H groups in total. The van der Waals surface area contributed by atoms with Crippen molar-refractivity contribution in [2.45, 2.75) is 25.4 Å². The highest BCUT2D eigenvalue weighted by Crippen LogP contribution is 2.21. The van der Waals surface area contributed by atoms with Crippen molar-refractivity contribution in [3.63, 3.8) is 0 Å². The van der Waals surface area contributed by atoms with E-state index in [4.69, 9.17) is 10.5 Å². The zero-order chi connectivity index (χ0) is 19.9. The summed E-state index contributed by atoms with van der Waals surface area (Å²) < 4.78 is 5.43. The van der Waals surface area contributed by atoms with Crippen molar-refractivity contribution in [2.24, 2.45) is 5.73 Å². The molecule has 0 bridgehead atoms. The Morgan fingerprint density at radius 3 is 2.75 bits per heavy atom. The van der Waals surface area contributed by atoms with Gasteiger partial charge in [-0.2, -0.15) is 0 Å². The van der Waals surface area contributed by atoms with Crippen LogP contribution >= 0.6 is 0 Å². The highest BCUT2D eigenvalue weighted by atomic mass is 16.5. The van der Waals surface area contributed by atoms with Crippen LogP contribution in [0.3, 0.4) is 0 Å². The van der Waals surface area contributed by atoms with Crippen molar-refractivity contribution in [1.29, 1.82) is 0 Å². The molecule has 28 heavy (non-hydrogen) atoms. The zero-order valence-electron chi connectivity index (χ0n) is 15.8. The molecule has 3 rings (SSSR count). The van der Waals surface area contributed by atoms with E-state index in [-0.39, 0.29) is 17.9 Å². The number of likely N-dealkylation sites (tertiary alicyclic amines) is 1. The molecule has 1 aliphatic rings. The molecule has 1 unspecified atom stereocenters. The van der Waals surface area contributed by atoms with Crippen LogP contribution in [0.4, 0.5) is 5.69 Å². The third kappa shape index (κ3) is 4.98. The van der Waals surface area contributed by atoms with Crippen LogP contribution in [-0.2, 0) is 11.3 Å². The Hall–Kier alpha value is -3.12. The number of hydrogen-bond donors (Lipinski definition) is 2. The van der Waals surface area contributed by atoms with Crippen molar-refractivity contribution < 1.29 is 14.3 Å². The number of primary amides is 1. The Kier molecular flexibility index (Phi) is 6.45. The molecule has 2 amide bonds. The Balaban J connectivity index is 1.63. The minimum absolute atomic E-state index is 0.191. The number of ether oxygens (including phenoxy) is 1. The van der Waals surface area contributed by atoms with Gasteiger partial charge < -0.3 is 15.8 Å². The van der Waals surface area contributed by atoms with Gasteiger partial charge in [0, 0.05) is 17.8 Å². The van der Waals surface area contributed by atoms with E-state index >= 15 is 0 Å². The van der Waals surface area contributed by atoms with Crippen LogP contribution in [0.15, 0.2) is 61.2 Å². The Bertz CT molecular complexity index is 848. The number of nitrogens with zero attached hydrogens (tertiary/aromatic N) is 1. The van der Waals surface area contributed by atoms with Gasteiger partial charge in [-0.15, -0.1) is 0 Å². The SMILES string of the molecule is C=CCOc1ccc(C(=O)Nc2cccc(CN3CCCC3C(N)=O)c2)cc1. The Morgan fingerprint density at radius 2 is 2.04 bits per heavy atom. The molecule has 0 aromatic heterocycles. The number of nitrogens with two attached hydrogens (primary N) is 1. The molecule has 2 aromatic rings. The lowest BCUT2D eigenvalue weighted by Gasteiger charge is -2.22. The molecule has 2 aromatic carbocycles. The first-order chi connectivity index (χ1) is 13.6. The molecule has 0 aliphatic carbocycles. The molecule has 146 valence electrons. The average Bonchev–Trinajstić information content (AvgIpc) is 3.15. The fourth-order valence-electron chi connectivity index (χ4n) is 3.38. The van der Waals surface area contributed by atoms with E-state index in [0.717, 1.165) is 24.9 Å². The van der Waals surface area contributed by atoms with E-state index in [2.05, 4.69) is 16.8 Å². The highest BCUT2D eigenvalue weighted by molar-refractivity contribution is 6.04. The Labute approximate surface area is 165 Å². The number of hydrogen-bond acceptors (Lipinski definition) is 4. The van der Waals surface area contributed by atoms with Gasteiger partial charge in [-0.25, -0.2) is 0 Å². The van der Waals surface area contributed by atoms with E-state index in [1.807, 2.05) is 24.3 Å². The summed E-state index contributed by atoms with van der Waals surface area (Å²) in [7, 11) is 0. The molecule has 0 saturated carbocycles. The Morgan fingerprint density at radius 1 is 1.25 bits per heavy atom. The molecule has 6 heteroatoms. The maximum atomic E-state index is 12.5. The van der Waals surface area contributed by atoms with Gasteiger partial charge in [0.1, 0.15) is 12.4 Å². The summed E-state index contributed by atoms with van der Waals surface area (Å²) in [6, 6.07) is 14.4.